The minimum absolute atomic E-state index is 0.0365. The highest BCUT2D eigenvalue weighted by Crippen LogP contribution is 2.33. The van der Waals surface area contributed by atoms with Crippen molar-refractivity contribution in [1.29, 1.82) is 0 Å². The molecule has 2 unspecified atom stereocenters. The molecule has 2 amide bonds. The highest BCUT2D eigenvalue weighted by Gasteiger charge is 2.33. The number of furan rings is 1. The number of nitrogens with one attached hydrogen (secondary N) is 1. The number of likely N-dealkylation sites (tertiary alicyclic amines) is 1. The van der Waals surface area contributed by atoms with Crippen molar-refractivity contribution in [3.8, 4) is 0 Å². The average molecular weight is 318 g/mol. The molecule has 5 nitrogen and oxygen atoms in total. The molecule has 2 aromatic heterocycles. The molecule has 1 fully saturated rings. The van der Waals surface area contributed by atoms with Crippen LogP contribution in [0.5, 0.6) is 0 Å². The number of rotatable bonds is 4. The van der Waals surface area contributed by atoms with Crippen molar-refractivity contribution >= 4 is 23.2 Å². The Morgan fingerprint density at radius 3 is 3.00 bits per heavy atom. The number of thiophene rings is 1. The molecular formula is C16H18N2O3S. The molecule has 0 radical (unpaired) electrons. The van der Waals surface area contributed by atoms with Gasteiger partial charge in [-0.25, -0.2) is 0 Å². The third-order valence-corrected chi connectivity index (χ3v) is 4.67. The smallest absolute Gasteiger partial charge is 0.255 e. The quantitative estimate of drug-likeness (QED) is 0.943. The highest BCUT2D eigenvalue weighted by atomic mass is 32.1. The van der Waals surface area contributed by atoms with Gasteiger partial charge in [-0.1, -0.05) is 0 Å². The van der Waals surface area contributed by atoms with Gasteiger partial charge in [0.15, 0.2) is 0 Å². The number of amides is 2. The third kappa shape index (κ3) is 2.92. The van der Waals surface area contributed by atoms with Gasteiger partial charge in [0.05, 0.1) is 17.9 Å². The second-order valence-electron chi connectivity index (χ2n) is 5.45. The molecule has 0 bridgehead atoms. The zero-order chi connectivity index (χ0) is 15.5. The van der Waals surface area contributed by atoms with E-state index in [2.05, 4.69) is 16.8 Å². The fourth-order valence-corrected chi connectivity index (χ4v) is 3.53. The molecule has 2 aromatic rings. The normalized spacial score (nSPS) is 19.1. The number of nitrogens with zero attached hydrogens (tertiary/aromatic N) is 1. The van der Waals surface area contributed by atoms with Crippen LogP contribution in [0.2, 0.25) is 0 Å². The Morgan fingerprint density at radius 1 is 1.45 bits per heavy atom. The summed E-state index contributed by atoms with van der Waals surface area (Å²) in [7, 11) is 0. The van der Waals surface area contributed by atoms with Crippen LogP contribution in [0.15, 0.2) is 39.8 Å². The number of carbonyl (C=O) groups excluding carboxylic acids is 2. The lowest BCUT2D eigenvalue weighted by Gasteiger charge is -2.27. The van der Waals surface area contributed by atoms with E-state index in [0.29, 0.717) is 5.56 Å². The van der Waals surface area contributed by atoms with E-state index < -0.39 is 6.04 Å². The predicted octanol–water partition coefficient (Wildman–Crippen LogP) is 2.82. The molecule has 0 aliphatic carbocycles. The number of hydrogen-bond acceptors (Lipinski definition) is 4. The predicted molar refractivity (Wildman–Crippen MR) is 83.6 cm³/mol. The second kappa shape index (κ2) is 6.36. The van der Waals surface area contributed by atoms with Gasteiger partial charge in [-0.2, -0.15) is 11.3 Å². The maximum absolute atomic E-state index is 12.6. The van der Waals surface area contributed by atoms with Gasteiger partial charge in [0.1, 0.15) is 12.3 Å². The maximum atomic E-state index is 12.6. The minimum atomic E-state index is -0.554. The molecule has 1 saturated heterocycles. The summed E-state index contributed by atoms with van der Waals surface area (Å²) < 4.78 is 4.89. The van der Waals surface area contributed by atoms with Crippen molar-refractivity contribution in [2.75, 3.05) is 6.54 Å². The van der Waals surface area contributed by atoms with Crippen LogP contribution in [-0.4, -0.2) is 29.3 Å². The summed E-state index contributed by atoms with van der Waals surface area (Å²) in [5.74, 6) is -0.327. The monoisotopic (exact) mass is 318 g/mol. The summed E-state index contributed by atoms with van der Waals surface area (Å²) in [5.41, 5.74) is 1.61. The van der Waals surface area contributed by atoms with Gasteiger partial charge in [-0.15, -0.1) is 0 Å². The topological polar surface area (TPSA) is 62.6 Å². The summed E-state index contributed by atoms with van der Waals surface area (Å²) in [5, 5.41) is 6.85. The van der Waals surface area contributed by atoms with Crippen molar-refractivity contribution in [2.24, 2.45) is 0 Å². The van der Waals surface area contributed by atoms with E-state index in [9.17, 15) is 9.59 Å². The molecule has 116 valence electrons. The molecule has 3 rings (SSSR count). The standard InChI is InChI=1S/C16H18N2O3S/c1-11(17-15(19)12-4-7-21-9-12)16(20)18-6-2-3-14(18)13-5-8-22-10-13/h4-5,7-11,14H,2-3,6H2,1H3,(H,17,19). The Labute approximate surface area is 132 Å². The Hall–Kier alpha value is -2.08. The summed E-state index contributed by atoms with van der Waals surface area (Å²) >= 11 is 1.64. The molecule has 0 spiro atoms. The van der Waals surface area contributed by atoms with E-state index in [4.69, 9.17) is 4.42 Å². The summed E-state index contributed by atoms with van der Waals surface area (Å²) in [6, 6.07) is 3.22. The van der Waals surface area contributed by atoms with Crippen molar-refractivity contribution in [3.63, 3.8) is 0 Å². The number of hydrogen-bond donors (Lipinski definition) is 1. The summed E-state index contributed by atoms with van der Waals surface area (Å²) in [6.45, 7) is 2.47. The lowest BCUT2D eigenvalue weighted by Crippen LogP contribution is -2.46. The van der Waals surface area contributed by atoms with E-state index in [1.807, 2.05) is 10.3 Å². The van der Waals surface area contributed by atoms with Crippen LogP contribution in [0.25, 0.3) is 0 Å². The van der Waals surface area contributed by atoms with Gasteiger partial charge < -0.3 is 14.6 Å². The van der Waals surface area contributed by atoms with E-state index in [1.165, 1.54) is 18.1 Å². The third-order valence-electron chi connectivity index (χ3n) is 3.97. The fourth-order valence-electron chi connectivity index (χ4n) is 2.83. The maximum Gasteiger partial charge on any atom is 0.255 e. The largest absolute Gasteiger partial charge is 0.472 e. The van der Waals surface area contributed by atoms with E-state index in [0.717, 1.165) is 19.4 Å². The van der Waals surface area contributed by atoms with Gasteiger partial charge in [0.2, 0.25) is 5.91 Å². The first kappa shape index (κ1) is 14.8. The Balaban J connectivity index is 1.66. The van der Waals surface area contributed by atoms with Gasteiger partial charge in [0.25, 0.3) is 5.91 Å². The van der Waals surface area contributed by atoms with E-state index >= 15 is 0 Å². The molecule has 3 heterocycles. The molecule has 0 aromatic carbocycles. The fraction of sp³-hybridized carbons (Fsp3) is 0.375. The second-order valence-corrected chi connectivity index (χ2v) is 6.23. The van der Waals surface area contributed by atoms with Crippen LogP contribution in [0.1, 0.15) is 41.7 Å². The molecule has 22 heavy (non-hydrogen) atoms. The van der Waals surface area contributed by atoms with E-state index in [-0.39, 0.29) is 17.9 Å². The number of carbonyl (C=O) groups is 2. The molecule has 1 N–H and O–H groups in total. The Morgan fingerprint density at radius 2 is 2.32 bits per heavy atom. The Kier molecular flexibility index (Phi) is 4.29. The Bertz CT molecular complexity index is 636. The molecule has 0 saturated carbocycles. The van der Waals surface area contributed by atoms with Crippen LogP contribution in [0.4, 0.5) is 0 Å². The lowest BCUT2D eigenvalue weighted by molar-refractivity contribution is -0.133. The van der Waals surface area contributed by atoms with Gasteiger partial charge in [-0.3, -0.25) is 9.59 Å². The minimum Gasteiger partial charge on any atom is -0.472 e. The van der Waals surface area contributed by atoms with Crippen molar-refractivity contribution < 1.29 is 14.0 Å². The summed E-state index contributed by atoms with van der Waals surface area (Å²) in [4.78, 5) is 26.5. The SMILES string of the molecule is CC(NC(=O)c1ccoc1)C(=O)N1CCCC1c1ccsc1. The first-order valence-electron chi connectivity index (χ1n) is 7.32. The highest BCUT2D eigenvalue weighted by molar-refractivity contribution is 7.07. The lowest BCUT2D eigenvalue weighted by atomic mass is 10.1. The van der Waals surface area contributed by atoms with Gasteiger partial charge >= 0.3 is 0 Å². The van der Waals surface area contributed by atoms with Crippen LogP contribution >= 0.6 is 11.3 Å². The summed E-state index contributed by atoms with van der Waals surface area (Å²) in [6.07, 6.45) is 4.78. The van der Waals surface area contributed by atoms with Crippen LogP contribution in [0.3, 0.4) is 0 Å². The van der Waals surface area contributed by atoms with Crippen molar-refractivity contribution in [2.45, 2.75) is 31.8 Å². The van der Waals surface area contributed by atoms with Crippen molar-refractivity contribution in [3.05, 3.63) is 46.5 Å². The van der Waals surface area contributed by atoms with Crippen LogP contribution in [-0.2, 0) is 4.79 Å². The van der Waals surface area contributed by atoms with Gasteiger partial charge in [-0.05, 0) is 48.2 Å². The zero-order valence-corrected chi connectivity index (χ0v) is 13.1. The van der Waals surface area contributed by atoms with E-state index in [1.54, 1.807) is 24.3 Å². The van der Waals surface area contributed by atoms with Crippen molar-refractivity contribution in [1.82, 2.24) is 10.2 Å². The first-order chi connectivity index (χ1) is 10.7. The molecule has 1 aliphatic rings. The molecule has 1 aliphatic heterocycles. The first-order valence-corrected chi connectivity index (χ1v) is 8.26. The van der Waals surface area contributed by atoms with Crippen LogP contribution in [0, 0.1) is 0 Å². The zero-order valence-electron chi connectivity index (χ0n) is 12.3. The van der Waals surface area contributed by atoms with Gasteiger partial charge in [0, 0.05) is 6.54 Å². The average Bonchev–Trinajstić information content (AvgIpc) is 3.26. The van der Waals surface area contributed by atoms with Crippen LogP contribution < -0.4 is 5.32 Å². The molecule has 2 atom stereocenters. The molecular weight excluding hydrogens is 300 g/mol. The molecule has 6 heteroatoms.